The van der Waals surface area contributed by atoms with Crippen molar-refractivity contribution in [1.82, 2.24) is 25.1 Å². The Morgan fingerprint density at radius 2 is 2.00 bits per heavy atom. The highest BCUT2D eigenvalue weighted by molar-refractivity contribution is 7.99. The molecule has 0 atom stereocenters. The molecule has 0 radical (unpaired) electrons. The number of benzene rings is 2. The molecule has 2 heterocycles. The monoisotopic (exact) mass is 454 g/mol. The van der Waals surface area contributed by atoms with E-state index >= 15 is 0 Å². The Labute approximate surface area is 196 Å². The maximum absolute atomic E-state index is 12.0. The maximum Gasteiger partial charge on any atom is 0.231 e. The van der Waals surface area contributed by atoms with Gasteiger partial charge >= 0.3 is 0 Å². The molecular formula is C25H22N6OS. The van der Waals surface area contributed by atoms with Gasteiger partial charge in [-0.05, 0) is 19.1 Å². The van der Waals surface area contributed by atoms with Gasteiger partial charge in [0.25, 0.3) is 0 Å². The highest BCUT2D eigenvalue weighted by Gasteiger charge is 2.18. The second-order valence-electron chi connectivity index (χ2n) is 7.37. The van der Waals surface area contributed by atoms with Gasteiger partial charge in [0.2, 0.25) is 5.91 Å². The van der Waals surface area contributed by atoms with Crippen LogP contribution in [0, 0.1) is 18.3 Å². The first-order valence-electron chi connectivity index (χ1n) is 10.4. The number of fused-ring (bicyclic) bond motifs is 1. The summed E-state index contributed by atoms with van der Waals surface area (Å²) in [5.41, 5.74) is 4.83. The van der Waals surface area contributed by atoms with Crippen LogP contribution < -0.4 is 5.32 Å². The van der Waals surface area contributed by atoms with Gasteiger partial charge in [0.15, 0.2) is 11.0 Å². The summed E-state index contributed by atoms with van der Waals surface area (Å²) in [6.45, 7) is 6.39. The van der Waals surface area contributed by atoms with Crippen LogP contribution in [0.1, 0.15) is 5.56 Å². The molecule has 1 amide bonds. The molecule has 0 saturated heterocycles. The van der Waals surface area contributed by atoms with Crippen LogP contribution in [0.5, 0.6) is 0 Å². The Hall–Kier alpha value is -3.96. The predicted molar refractivity (Wildman–Crippen MR) is 130 cm³/mol. The van der Waals surface area contributed by atoms with Crippen molar-refractivity contribution in [2.75, 3.05) is 12.3 Å². The fourth-order valence-electron chi connectivity index (χ4n) is 3.44. The van der Waals surface area contributed by atoms with Crippen LogP contribution in [0.15, 0.2) is 72.4 Å². The van der Waals surface area contributed by atoms with E-state index in [2.05, 4.69) is 53.3 Å². The zero-order valence-electron chi connectivity index (χ0n) is 18.2. The van der Waals surface area contributed by atoms with E-state index in [4.69, 9.17) is 10.2 Å². The van der Waals surface area contributed by atoms with Crippen molar-refractivity contribution >= 4 is 28.6 Å². The Morgan fingerprint density at radius 3 is 2.76 bits per heavy atom. The summed E-state index contributed by atoms with van der Waals surface area (Å²) in [4.78, 5) is 16.8. The van der Waals surface area contributed by atoms with E-state index in [9.17, 15) is 4.79 Å². The molecule has 7 nitrogen and oxygen atoms in total. The maximum atomic E-state index is 12.0. The molecule has 4 aromatic rings. The molecule has 2 aromatic carbocycles. The molecule has 0 aliphatic heterocycles. The lowest BCUT2D eigenvalue weighted by molar-refractivity contribution is -0.118. The lowest BCUT2D eigenvalue weighted by Crippen LogP contribution is -2.25. The fourth-order valence-corrected chi connectivity index (χ4v) is 4.22. The second-order valence-corrected chi connectivity index (χ2v) is 8.31. The summed E-state index contributed by atoms with van der Waals surface area (Å²) in [5, 5.41) is 21.6. The molecule has 0 bridgehead atoms. The number of hydrogen-bond donors (Lipinski definition) is 1. The van der Waals surface area contributed by atoms with Crippen molar-refractivity contribution in [1.29, 1.82) is 5.26 Å². The van der Waals surface area contributed by atoms with Crippen LogP contribution in [-0.2, 0) is 11.3 Å². The molecule has 164 valence electrons. The average molecular weight is 455 g/mol. The highest BCUT2D eigenvalue weighted by atomic mass is 32.2. The van der Waals surface area contributed by atoms with Crippen molar-refractivity contribution in [3.8, 4) is 28.7 Å². The van der Waals surface area contributed by atoms with Crippen LogP contribution in [0.25, 0.3) is 33.5 Å². The summed E-state index contributed by atoms with van der Waals surface area (Å²) in [6, 6.07) is 20.1. The summed E-state index contributed by atoms with van der Waals surface area (Å²) >= 11 is 1.27. The van der Waals surface area contributed by atoms with Gasteiger partial charge in [-0.2, -0.15) is 5.26 Å². The Balaban J connectivity index is 1.78. The van der Waals surface area contributed by atoms with Gasteiger partial charge in [0.1, 0.15) is 6.54 Å². The molecule has 4 rings (SSSR count). The number of allylic oxidation sites excluding steroid dienone is 1. The van der Waals surface area contributed by atoms with Crippen molar-refractivity contribution in [2.45, 2.75) is 18.6 Å². The molecule has 1 N–H and O–H groups in total. The minimum Gasteiger partial charge on any atom is -0.342 e. The predicted octanol–water partition coefficient (Wildman–Crippen LogP) is 4.39. The van der Waals surface area contributed by atoms with Gasteiger partial charge in [-0.15, -0.1) is 16.8 Å². The number of amides is 1. The number of para-hydroxylation sites is 1. The SMILES string of the molecule is C=CCn1c(SCC(=O)NCC#N)nnc1-c1cc(-c2ccc(C)cc2)nc2ccccc12. The molecule has 0 aliphatic rings. The average Bonchev–Trinajstić information content (AvgIpc) is 3.23. The summed E-state index contributed by atoms with van der Waals surface area (Å²) in [7, 11) is 0. The second kappa shape index (κ2) is 10.1. The Morgan fingerprint density at radius 1 is 1.21 bits per heavy atom. The van der Waals surface area contributed by atoms with Crippen molar-refractivity contribution in [3.63, 3.8) is 0 Å². The van der Waals surface area contributed by atoms with Gasteiger partial charge in [0, 0.05) is 23.1 Å². The first-order valence-corrected chi connectivity index (χ1v) is 11.4. The van der Waals surface area contributed by atoms with Gasteiger partial charge in [-0.1, -0.05) is 65.9 Å². The lowest BCUT2D eigenvalue weighted by atomic mass is 10.0. The van der Waals surface area contributed by atoms with Crippen molar-refractivity contribution in [3.05, 3.63) is 72.8 Å². The van der Waals surface area contributed by atoms with E-state index < -0.39 is 0 Å². The molecule has 0 spiro atoms. The third kappa shape index (κ3) is 4.94. The van der Waals surface area contributed by atoms with Crippen LogP contribution in [-0.4, -0.2) is 38.0 Å². The van der Waals surface area contributed by atoms with Crippen LogP contribution in [0.3, 0.4) is 0 Å². The van der Waals surface area contributed by atoms with E-state index in [1.165, 1.54) is 17.3 Å². The van der Waals surface area contributed by atoms with E-state index in [1.54, 1.807) is 6.08 Å². The fraction of sp³-hybridized carbons (Fsp3) is 0.160. The zero-order chi connectivity index (χ0) is 23.2. The molecule has 0 aliphatic carbocycles. The van der Waals surface area contributed by atoms with E-state index in [0.717, 1.165) is 27.7 Å². The first kappa shape index (κ1) is 22.2. The Kier molecular flexibility index (Phi) is 6.81. The first-order chi connectivity index (χ1) is 16.1. The third-order valence-electron chi connectivity index (χ3n) is 5.03. The number of carbonyl (C=O) groups excluding carboxylic acids is 1. The lowest BCUT2D eigenvalue weighted by Gasteiger charge is -2.12. The Bertz CT molecular complexity index is 1350. The quantitative estimate of drug-likeness (QED) is 0.241. The molecular weight excluding hydrogens is 432 g/mol. The van der Waals surface area contributed by atoms with Crippen molar-refractivity contribution < 1.29 is 4.79 Å². The topological polar surface area (TPSA) is 96.5 Å². The van der Waals surface area contributed by atoms with E-state index in [1.807, 2.05) is 41.0 Å². The number of hydrogen-bond acceptors (Lipinski definition) is 6. The minimum atomic E-state index is -0.229. The molecule has 0 saturated carbocycles. The molecule has 33 heavy (non-hydrogen) atoms. The zero-order valence-corrected chi connectivity index (χ0v) is 19.0. The summed E-state index contributed by atoms with van der Waals surface area (Å²) < 4.78 is 1.94. The summed E-state index contributed by atoms with van der Waals surface area (Å²) in [5.74, 6) is 0.594. The molecule has 8 heteroatoms. The van der Waals surface area contributed by atoms with Gasteiger partial charge in [0.05, 0.1) is 23.0 Å². The van der Waals surface area contributed by atoms with Crippen LogP contribution in [0.2, 0.25) is 0 Å². The summed E-state index contributed by atoms with van der Waals surface area (Å²) in [6.07, 6.45) is 1.77. The highest BCUT2D eigenvalue weighted by Crippen LogP contribution is 2.33. The smallest absolute Gasteiger partial charge is 0.231 e. The number of thioether (sulfide) groups is 1. The van der Waals surface area contributed by atoms with Crippen molar-refractivity contribution in [2.24, 2.45) is 0 Å². The number of nitrogens with one attached hydrogen (secondary N) is 1. The number of rotatable bonds is 8. The normalized spacial score (nSPS) is 10.7. The number of nitrogens with zero attached hydrogens (tertiary/aromatic N) is 5. The standard InChI is InChI=1S/C25H22N6OS/c1-3-14-31-24(29-30-25(31)33-16-23(32)27-13-12-26)20-15-22(18-10-8-17(2)9-11-18)28-21-7-5-4-6-19(20)21/h3-11,15H,1,13-14,16H2,2H3,(H,27,32). The number of pyridine rings is 1. The van der Waals surface area contributed by atoms with Crippen LogP contribution >= 0.6 is 11.8 Å². The largest absolute Gasteiger partial charge is 0.342 e. The van der Waals surface area contributed by atoms with Gasteiger partial charge in [-0.3, -0.25) is 9.36 Å². The number of carbonyl (C=O) groups is 1. The number of nitriles is 1. The van der Waals surface area contributed by atoms with Gasteiger partial charge in [-0.25, -0.2) is 4.98 Å². The molecule has 2 aromatic heterocycles. The molecule has 0 fully saturated rings. The third-order valence-corrected chi connectivity index (χ3v) is 6.00. The van der Waals surface area contributed by atoms with E-state index in [-0.39, 0.29) is 18.2 Å². The van der Waals surface area contributed by atoms with Gasteiger partial charge < -0.3 is 5.32 Å². The number of aromatic nitrogens is 4. The number of aryl methyl sites for hydroxylation is 1. The minimum absolute atomic E-state index is 0.0191. The van der Waals surface area contributed by atoms with Crippen LogP contribution in [0.4, 0.5) is 0 Å². The molecule has 0 unspecified atom stereocenters. The van der Waals surface area contributed by atoms with E-state index in [0.29, 0.717) is 17.5 Å².